The average molecular weight is 176 g/mol. The monoisotopic (exact) mass is 176 g/mol. The molecule has 0 aromatic carbocycles. The fourth-order valence-corrected chi connectivity index (χ4v) is 2.12. The third-order valence-electron chi connectivity index (χ3n) is 1.39. The Kier molecular flexibility index (Phi) is 7.12. The van der Waals surface area contributed by atoms with E-state index in [4.69, 9.17) is 0 Å². The highest BCUT2D eigenvalue weighted by Crippen LogP contribution is 2.12. The van der Waals surface area contributed by atoms with Gasteiger partial charge in [-0.25, -0.2) is 0 Å². The highest BCUT2D eigenvalue weighted by atomic mass is 32.2. The zero-order valence-corrected chi connectivity index (χ0v) is 8.79. The van der Waals surface area contributed by atoms with E-state index in [0.717, 1.165) is 13.1 Å². The van der Waals surface area contributed by atoms with E-state index in [0.29, 0.717) is 10.7 Å². The first-order valence-corrected chi connectivity index (χ1v) is 5.27. The van der Waals surface area contributed by atoms with Crippen LogP contribution in [0.4, 0.5) is 0 Å². The number of hydrogen-bond donors (Lipinski definition) is 2. The minimum Gasteiger partial charge on any atom is -0.306 e. The van der Waals surface area contributed by atoms with Gasteiger partial charge in [0.1, 0.15) is 0 Å². The first kappa shape index (κ1) is 11.3. The van der Waals surface area contributed by atoms with Crippen molar-refractivity contribution in [3.63, 3.8) is 0 Å². The molecule has 0 bridgehead atoms. The Bertz CT molecular complexity index is 78.2. The summed E-state index contributed by atoms with van der Waals surface area (Å²) in [5.74, 6) is 0. The molecule has 0 aliphatic rings. The second-order valence-electron chi connectivity index (χ2n) is 2.54. The standard InChI is InChI=1S/C8H20N2S/c1-5-9-7(3)11-8(4)10-6-2/h7-10H,5-6H2,1-4H3. The van der Waals surface area contributed by atoms with Crippen LogP contribution in [-0.4, -0.2) is 23.8 Å². The Morgan fingerprint density at radius 1 is 1.00 bits per heavy atom. The molecule has 3 heteroatoms. The fraction of sp³-hybridized carbons (Fsp3) is 1.00. The summed E-state index contributed by atoms with van der Waals surface area (Å²) in [6.45, 7) is 10.8. The summed E-state index contributed by atoms with van der Waals surface area (Å²) in [4.78, 5) is 0. The van der Waals surface area contributed by atoms with Gasteiger partial charge in [-0.05, 0) is 26.9 Å². The zero-order chi connectivity index (χ0) is 8.69. The quantitative estimate of drug-likeness (QED) is 0.602. The summed E-state index contributed by atoms with van der Waals surface area (Å²) >= 11 is 1.93. The van der Waals surface area contributed by atoms with Gasteiger partial charge < -0.3 is 10.6 Å². The van der Waals surface area contributed by atoms with E-state index in [2.05, 4.69) is 38.3 Å². The van der Waals surface area contributed by atoms with Gasteiger partial charge in [0.05, 0.1) is 10.7 Å². The van der Waals surface area contributed by atoms with Crippen LogP contribution in [0.3, 0.4) is 0 Å². The summed E-state index contributed by atoms with van der Waals surface area (Å²) in [6, 6.07) is 0. The molecule has 2 nitrogen and oxygen atoms in total. The number of rotatable bonds is 6. The van der Waals surface area contributed by atoms with Crippen LogP contribution in [-0.2, 0) is 0 Å². The van der Waals surface area contributed by atoms with Crippen LogP contribution in [0.5, 0.6) is 0 Å². The van der Waals surface area contributed by atoms with Crippen molar-refractivity contribution in [2.45, 2.75) is 38.4 Å². The van der Waals surface area contributed by atoms with E-state index in [1.54, 1.807) is 0 Å². The summed E-state index contributed by atoms with van der Waals surface area (Å²) < 4.78 is 0. The highest BCUT2D eigenvalue weighted by molar-refractivity contribution is 8.00. The molecule has 0 aliphatic heterocycles. The topological polar surface area (TPSA) is 24.1 Å². The van der Waals surface area contributed by atoms with E-state index < -0.39 is 0 Å². The van der Waals surface area contributed by atoms with Gasteiger partial charge in [-0.1, -0.05) is 13.8 Å². The van der Waals surface area contributed by atoms with Gasteiger partial charge in [0.2, 0.25) is 0 Å². The molecule has 11 heavy (non-hydrogen) atoms. The molecule has 0 aromatic rings. The van der Waals surface area contributed by atoms with Crippen molar-refractivity contribution in [1.29, 1.82) is 0 Å². The predicted octanol–water partition coefficient (Wildman–Crippen LogP) is 1.63. The van der Waals surface area contributed by atoms with Crippen LogP contribution < -0.4 is 10.6 Å². The molecule has 0 radical (unpaired) electrons. The molecular formula is C8H20N2S. The van der Waals surface area contributed by atoms with Crippen molar-refractivity contribution in [3.05, 3.63) is 0 Å². The Balaban J connectivity index is 3.32. The van der Waals surface area contributed by atoms with Gasteiger partial charge in [0, 0.05) is 0 Å². The van der Waals surface area contributed by atoms with Gasteiger partial charge in [0.25, 0.3) is 0 Å². The maximum Gasteiger partial charge on any atom is 0.0519 e. The molecule has 0 heterocycles. The molecule has 68 valence electrons. The minimum absolute atomic E-state index is 0.550. The molecule has 2 atom stereocenters. The Hall–Kier alpha value is 0.270. The van der Waals surface area contributed by atoms with Crippen LogP contribution >= 0.6 is 11.8 Å². The van der Waals surface area contributed by atoms with Gasteiger partial charge in [-0.15, -0.1) is 11.8 Å². The van der Waals surface area contributed by atoms with Crippen molar-refractivity contribution in [2.75, 3.05) is 13.1 Å². The number of hydrogen-bond acceptors (Lipinski definition) is 3. The third-order valence-corrected chi connectivity index (χ3v) is 2.54. The summed E-state index contributed by atoms with van der Waals surface area (Å²) in [5.41, 5.74) is 0. The largest absolute Gasteiger partial charge is 0.306 e. The van der Waals surface area contributed by atoms with Gasteiger partial charge in [-0.2, -0.15) is 0 Å². The Morgan fingerprint density at radius 3 is 1.64 bits per heavy atom. The predicted molar refractivity (Wildman–Crippen MR) is 53.9 cm³/mol. The lowest BCUT2D eigenvalue weighted by atomic mass is 10.6. The molecule has 0 amide bonds. The maximum atomic E-state index is 3.36. The molecule has 0 aliphatic carbocycles. The van der Waals surface area contributed by atoms with Gasteiger partial charge in [-0.3, -0.25) is 0 Å². The second kappa shape index (κ2) is 6.95. The van der Waals surface area contributed by atoms with Crippen molar-refractivity contribution in [2.24, 2.45) is 0 Å². The molecule has 0 fully saturated rings. The molecule has 0 aromatic heterocycles. The van der Waals surface area contributed by atoms with Crippen LogP contribution in [0.1, 0.15) is 27.7 Å². The molecular weight excluding hydrogens is 156 g/mol. The van der Waals surface area contributed by atoms with E-state index in [-0.39, 0.29) is 0 Å². The van der Waals surface area contributed by atoms with Crippen molar-refractivity contribution < 1.29 is 0 Å². The Labute approximate surface area is 74.5 Å². The average Bonchev–Trinajstić information content (AvgIpc) is 1.87. The first-order valence-electron chi connectivity index (χ1n) is 4.32. The molecule has 2 unspecified atom stereocenters. The fourth-order valence-electron chi connectivity index (χ4n) is 0.977. The SMILES string of the molecule is CCNC(C)SC(C)NCC. The van der Waals surface area contributed by atoms with Crippen molar-refractivity contribution in [1.82, 2.24) is 10.6 Å². The lowest BCUT2D eigenvalue weighted by molar-refractivity contribution is 0.686. The van der Waals surface area contributed by atoms with E-state index in [1.807, 2.05) is 11.8 Å². The first-order chi connectivity index (χ1) is 5.20. The van der Waals surface area contributed by atoms with E-state index in [9.17, 15) is 0 Å². The van der Waals surface area contributed by atoms with Crippen molar-refractivity contribution in [3.8, 4) is 0 Å². The molecule has 0 spiro atoms. The minimum atomic E-state index is 0.550. The third kappa shape index (κ3) is 6.66. The second-order valence-corrected chi connectivity index (χ2v) is 4.22. The van der Waals surface area contributed by atoms with E-state index in [1.165, 1.54) is 0 Å². The van der Waals surface area contributed by atoms with Crippen LogP contribution in [0.25, 0.3) is 0 Å². The van der Waals surface area contributed by atoms with Gasteiger partial charge >= 0.3 is 0 Å². The Morgan fingerprint density at radius 2 is 1.36 bits per heavy atom. The summed E-state index contributed by atoms with van der Waals surface area (Å²) in [7, 11) is 0. The molecule has 0 rings (SSSR count). The summed E-state index contributed by atoms with van der Waals surface area (Å²) in [6.07, 6.45) is 0. The maximum absolute atomic E-state index is 3.36. The van der Waals surface area contributed by atoms with Crippen molar-refractivity contribution >= 4 is 11.8 Å². The zero-order valence-electron chi connectivity index (χ0n) is 7.98. The number of thioether (sulfide) groups is 1. The van der Waals surface area contributed by atoms with E-state index >= 15 is 0 Å². The lowest BCUT2D eigenvalue weighted by Gasteiger charge is -2.17. The van der Waals surface area contributed by atoms with Gasteiger partial charge in [0.15, 0.2) is 0 Å². The van der Waals surface area contributed by atoms with Crippen LogP contribution in [0.2, 0.25) is 0 Å². The highest BCUT2D eigenvalue weighted by Gasteiger charge is 2.05. The normalized spacial score (nSPS) is 16.4. The smallest absolute Gasteiger partial charge is 0.0519 e. The summed E-state index contributed by atoms with van der Waals surface area (Å²) in [5, 5.41) is 7.82. The van der Waals surface area contributed by atoms with Crippen LogP contribution in [0.15, 0.2) is 0 Å². The van der Waals surface area contributed by atoms with Crippen LogP contribution in [0, 0.1) is 0 Å². The number of nitrogens with one attached hydrogen (secondary N) is 2. The lowest BCUT2D eigenvalue weighted by Crippen LogP contribution is -2.30. The molecule has 2 N–H and O–H groups in total. The molecule has 0 saturated carbocycles. The molecule has 0 saturated heterocycles.